The first-order valence-electron chi connectivity index (χ1n) is 5.81. The Balaban J connectivity index is 2.06. The zero-order valence-corrected chi connectivity index (χ0v) is 12.0. The Bertz CT molecular complexity index is 585. The molecule has 1 amide bonds. The van der Waals surface area contributed by atoms with Gasteiger partial charge in [-0.15, -0.1) is 11.3 Å². The van der Waals surface area contributed by atoms with Crippen molar-refractivity contribution in [2.24, 2.45) is 5.73 Å². The summed E-state index contributed by atoms with van der Waals surface area (Å²) in [4.78, 5) is 16.2. The first-order chi connectivity index (χ1) is 9.10. The molecule has 0 aliphatic heterocycles. The summed E-state index contributed by atoms with van der Waals surface area (Å²) < 4.78 is 0. The van der Waals surface area contributed by atoms with E-state index in [0.717, 1.165) is 10.6 Å². The molecular weight excluding hydrogens is 282 g/mol. The quantitative estimate of drug-likeness (QED) is 0.911. The van der Waals surface area contributed by atoms with Crippen LogP contribution in [0, 0.1) is 0 Å². The lowest BCUT2D eigenvalue weighted by Crippen LogP contribution is -2.27. The smallest absolute Gasteiger partial charge is 0.271 e. The number of nitrogens with zero attached hydrogens (tertiary/aromatic N) is 1. The molecule has 0 spiro atoms. The molecule has 1 aromatic heterocycles. The molecule has 0 saturated heterocycles. The third-order valence-electron chi connectivity index (χ3n) is 2.66. The molecule has 0 aliphatic carbocycles. The Hall–Kier alpha value is -1.43. The van der Waals surface area contributed by atoms with Gasteiger partial charge in [0.05, 0.1) is 6.04 Å². The second kappa shape index (κ2) is 6.14. The van der Waals surface area contributed by atoms with Crippen molar-refractivity contribution in [3.63, 3.8) is 0 Å². The zero-order chi connectivity index (χ0) is 13.8. The van der Waals surface area contributed by atoms with Gasteiger partial charge >= 0.3 is 0 Å². The van der Waals surface area contributed by atoms with Crippen molar-refractivity contribution >= 4 is 28.8 Å². The number of amides is 1. The standard InChI is InChI=1S/C13H14ClN3OS/c1-8(9-3-2-4-10(14)5-9)16-13(18)11-7-19-12(6-15)17-11/h2-5,7-8H,6,15H2,1H3,(H,16,18)/t8-/m1/s1. The Labute approximate surface area is 120 Å². The van der Waals surface area contributed by atoms with Crippen LogP contribution < -0.4 is 11.1 Å². The van der Waals surface area contributed by atoms with E-state index < -0.39 is 0 Å². The van der Waals surface area contributed by atoms with Gasteiger partial charge in [0.2, 0.25) is 0 Å². The fourth-order valence-corrected chi connectivity index (χ4v) is 2.49. The van der Waals surface area contributed by atoms with Gasteiger partial charge in [-0.2, -0.15) is 0 Å². The molecule has 0 unspecified atom stereocenters. The van der Waals surface area contributed by atoms with Crippen LogP contribution in [-0.4, -0.2) is 10.9 Å². The van der Waals surface area contributed by atoms with E-state index >= 15 is 0 Å². The predicted octanol–water partition coefficient (Wildman–Crippen LogP) is 2.75. The first-order valence-corrected chi connectivity index (χ1v) is 7.06. The van der Waals surface area contributed by atoms with E-state index in [0.29, 0.717) is 17.3 Å². The third kappa shape index (κ3) is 3.53. The van der Waals surface area contributed by atoms with E-state index in [1.165, 1.54) is 11.3 Å². The summed E-state index contributed by atoms with van der Waals surface area (Å²) in [5.41, 5.74) is 6.83. The van der Waals surface area contributed by atoms with Crippen LogP contribution in [0.5, 0.6) is 0 Å². The zero-order valence-electron chi connectivity index (χ0n) is 10.4. The number of nitrogens with two attached hydrogens (primary N) is 1. The molecule has 1 atom stereocenters. The minimum absolute atomic E-state index is 0.130. The number of rotatable bonds is 4. The summed E-state index contributed by atoms with van der Waals surface area (Å²) in [5, 5.41) is 5.99. The highest BCUT2D eigenvalue weighted by Crippen LogP contribution is 2.18. The molecule has 100 valence electrons. The lowest BCUT2D eigenvalue weighted by molar-refractivity contribution is 0.0935. The summed E-state index contributed by atoms with van der Waals surface area (Å²) in [6.07, 6.45) is 0. The van der Waals surface area contributed by atoms with Crippen molar-refractivity contribution in [2.45, 2.75) is 19.5 Å². The molecule has 0 radical (unpaired) electrons. The predicted molar refractivity (Wildman–Crippen MR) is 77.3 cm³/mol. The Kier molecular flexibility index (Phi) is 4.52. The number of hydrogen-bond donors (Lipinski definition) is 2. The normalized spacial score (nSPS) is 12.2. The number of hydrogen-bond acceptors (Lipinski definition) is 4. The van der Waals surface area contributed by atoms with Gasteiger partial charge in [-0.25, -0.2) is 4.98 Å². The maximum absolute atomic E-state index is 12.0. The number of carbonyl (C=O) groups is 1. The van der Waals surface area contributed by atoms with Crippen LogP contribution in [0.2, 0.25) is 5.02 Å². The number of benzene rings is 1. The van der Waals surface area contributed by atoms with Crippen LogP contribution >= 0.6 is 22.9 Å². The molecule has 1 heterocycles. The van der Waals surface area contributed by atoms with Gasteiger partial charge < -0.3 is 11.1 Å². The van der Waals surface area contributed by atoms with Crippen molar-refractivity contribution in [2.75, 3.05) is 0 Å². The van der Waals surface area contributed by atoms with Gasteiger partial charge in [0.1, 0.15) is 10.7 Å². The average molecular weight is 296 g/mol. The highest BCUT2D eigenvalue weighted by Gasteiger charge is 2.14. The highest BCUT2D eigenvalue weighted by atomic mass is 35.5. The van der Waals surface area contributed by atoms with E-state index in [4.69, 9.17) is 17.3 Å². The summed E-state index contributed by atoms with van der Waals surface area (Å²) >= 11 is 7.31. The molecule has 0 fully saturated rings. The lowest BCUT2D eigenvalue weighted by Gasteiger charge is -2.13. The Morgan fingerprint density at radius 3 is 3.00 bits per heavy atom. The minimum Gasteiger partial charge on any atom is -0.344 e. The molecule has 2 rings (SSSR count). The minimum atomic E-state index is -0.205. The van der Waals surface area contributed by atoms with Crippen molar-refractivity contribution in [1.82, 2.24) is 10.3 Å². The van der Waals surface area contributed by atoms with E-state index in [2.05, 4.69) is 10.3 Å². The molecule has 0 saturated carbocycles. The summed E-state index contributed by atoms with van der Waals surface area (Å²) in [7, 11) is 0. The fraction of sp³-hybridized carbons (Fsp3) is 0.231. The van der Waals surface area contributed by atoms with Crippen molar-refractivity contribution < 1.29 is 4.79 Å². The number of aromatic nitrogens is 1. The maximum atomic E-state index is 12.0. The van der Waals surface area contributed by atoms with Gasteiger partial charge in [-0.1, -0.05) is 23.7 Å². The monoisotopic (exact) mass is 295 g/mol. The summed E-state index contributed by atoms with van der Waals surface area (Å²) in [5.74, 6) is -0.205. The maximum Gasteiger partial charge on any atom is 0.271 e. The van der Waals surface area contributed by atoms with E-state index in [9.17, 15) is 4.79 Å². The molecule has 1 aromatic carbocycles. The van der Waals surface area contributed by atoms with Gasteiger partial charge in [0.15, 0.2) is 0 Å². The third-order valence-corrected chi connectivity index (χ3v) is 3.76. The van der Waals surface area contributed by atoms with Crippen LogP contribution in [0.15, 0.2) is 29.6 Å². The Morgan fingerprint density at radius 1 is 1.58 bits per heavy atom. The molecular formula is C13H14ClN3OS. The molecule has 4 nitrogen and oxygen atoms in total. The molecule has 2 aromatic rings. The molecule has 6 heteroatoms. The van der Waals surface area contributed by atoms with Crippen LogP contribution in [0.25, 0.3) is 0 Å². The molecule has 19 heavy (non-hydrogen) atoms. The largest absolute Gasteiger partial charge is 0.344 e. The van der Waals surface area contributed by atoms with Crippen molar-refractivity contribution in [1.29, 1.82) is 0 Å². The lowest BCUT2D eigenvalue weighted by atomic mass is 10.1. The summed E-state index contributed by atoms with van der Waals surface area (Å²) in [6.45, 7) is 2.25. The second-order valence-corrected chi connectivity index (χ2v) is 5.46. The highest BCUT2D eigenvalue weighted by molar-refractivity contribution is 7.09. The van der Waals surface area contributed by atoms with Crippen molar-refractivity contribution in [3.8, 4) is 0 Å². The molecule has 0 aliphatic rings. The number of halogens is 1. The van der Waals surface area contributed by atoms with Crippen LogP contribution in [-0.2, 0) is 6.54 Å². The Morgan fingerprint density at radius 2 is 2.37 bits per heavy atom. The number of carbonyl (C=O) groups excluding carboxylic acids is 1. The van der Waals surface area contributed by atoms with E-state index in [-0.39, 0.29) is 11.9 Å². The number of thiazole rings is 1. The van der Waals surface area contributed by atoms with Crippen LogP contribution in [0.1, 0.15) is 34.0 Å². The van der Waals surface area contributed by atoms with Gasteiger partial charge in [0.25, 0.3) is 5.91 Å². The average Bonchev–Trinajstić information content (AvgIpc) is 2.87. The van der Waals surface area contributed by atoms with E-state index in [1.54, 1.807) is 11.4 Å². The first kappa shape index (κ1) is 14.0. The number of nitrogens with one attached hydrogen (secondary N) is 1. The fourth-order valence-electron chi connectivity index (χ4n) is 1.64. The van der Waals surface area contributed by atoms with Crippen molar-refractivity contribution in [3.05, 3.63) is 50.9 Å². The van der Waals surface area contributed by atoms with E-state index in [1.807, 2.05) is 25.1 Å². The molecule has 3 N–H and O–H groups in total. The topological polar surface area (TPSA) is 68.0 Å². The van der Waals surface area contributed by atoms with Crippen LogP contribution in [0.4, 0.5) is 0 Å². The van der Waals surface area contributed by atoms with Crippen LogP contribution in [0.3, 0.4) is 0 Å². The summed E-state index contributed by atoms with van der Waals surface area (Å²) in [6, 6.07) is 7.28. The van der Waals surface area contributed by atoms with Gasteiger partial charge in [-0.05, 0) is 24.6 Å². The van der Waals surface area contributed by atoms with Gasteiger partial charge in [-0.3, -0.25) is 4.79 Å². The SMILES string of the molecule is C[C@@H](NC(=O)c1csc(CN)n1)c1cccc(Cl)c1. The van der Waals surface area contributed by atoms with Gasteiger partial charge in [0, 0.05) is 16.9 Å². The second-order valence-electron chi connectivity index (χ2n) is 4.08. The molecule has 0 bridgehead atoms.